The number of aromatic nitrogens is 2. The molecule has 0 fully saturated rings. The molecule has 30 heavy (non-hydrogen) atoms. The van der Waals surface area contributed by atoms with Crippen LogP contribution in [0.3, 0.4) is 0 Å². The SMILES string of the molecule is O=C(Nc1nnc(SCc2cccc(C(F)(F)F)c2)s1)c1cccc2ccccc12. The van der Waals surface area contributed by atoms with Gasteiger partial charge in [-0.3, -0.25) is 10.1 Å². The first kappa shape index (κ1) is 20.4. The molecule has 4 nitrogen and oxygen atoms in total. The average molecular weight is 445 g/mol. The number of nitrogens with one attached hydrogen (secondary N) is 1. The van der Waals surface area contributed by atoms with Crippen molar-refractivity contribution in [1.29, 1.82) is 0 Å². The highest BCUT2D eigenvalue weighted by molar-refractivity contribution is 8.00. The Morgan fingerprint density at radius 3 is 2.60 bits per heavy atom. The average Bonchev–Trinajstić information content (AvgIpc) is 3.18. The molecule has 0 bridgehead atoms. The first-order valence-electron chi connectivity index (χ1n) is 8.82. The van der Waals surface area contributed by atoms with E-state index in [4.69, 9.17) is 0 Å². The maximum Gasteiger partial charge on any atom is 0.416 e. The fraction of sp³-hybridized carbons (Fsp3) is 0.0952. The molecule has 1 N–H and O–H groups in total. The van der Waals surface area contributed by atoms with Crippen LogP contribution in [-0.4, -0.2) is 16.1 Å². The quantitative estimate of drug-likeness (QED) is 0.291. The molecule has 4 rings (SSSR count). The van der Waals surface area contributed by atoms with Gasteiger partial charge >= 0.3 is 6.18 Å². The molecule has 3 aromatic carbocycles. The number of amides is 1. The van der Waals surface area contributed by atoms with Crippen LogP contribution in [0.4, 0.5) is 18.3 Å². The number of benzene rings is 3. The van der Waals surface area contributed by atoms with Gasteiger partial charge < -0.3 is 0 Å². The van der Waals surface area contributed by atoms with Crippen LogP contribution in [0.1, 0.15) is 21.5 Å². The second-order valence-electron chi connectivity index (χ2n) is 6.34. The van der Waals surface area contributed by atoms with E-state index in [1.54, 1.807) is 12.1 Å². The third-order valence-electron chi connectivity index (χ3n) is 4.28. The van der Waals surface area contributed by atoms with E-state index in [1.807, 2.05) is 36.4 Å². The summed E-state index contributed by atoms with van der Waals surface area (Å²) in [7, 11) is 0. The number of alkyl halides is 3. The Kier molecular flexibility index (Phi) is 5.74. The number of halogens is 3. The number of anilines is 1. The highest BCUT2D eigenvalue weighted by Crippen LogP contribution is 2.32. The lowest BCUT2D eigenvalue weighted by Gasteiger charge is -2.07. The number of hydrogen-bond donors (Lipinski definition) is 1. The topological polar surface area (TPSA) is 54.9 Å². The predicted octanol–water partition coefficient (Wildman–Crippen LogP) is 6.25. The van der Waals surface area contributed by atoms with Crippen LogP contribution in [0.25, 0.3) is 10.8 Å². The van der Waals surface area contributed by atoms with Crippen LogP contribution >= 0.6 is 23.1 Å². The van der Waals surface area contributed by atoms with Gasteiger partial charge in [0.2, 0.25) is 5.13 Å². The molecule has 0 atom stereocenters. The second-order valence-corrected chi connectivity index (χ2v) is 8.54. The van der Waals surface area contributed by atoms with Gasteiger partial charge in [0, 0.05) is 11.3 Å². The molecule has 9 heteroatoms. The molecule has 1 aromatic heterocycles. The monoisotopic (exact) mass is 445 g/mol. The number of nitrogens with zero attached hydrogens (tertiary/aromatic N) is 2. The minimum atomic E-state index is -4.37. The van der Waals surface area contributed by atoms with Gasteiger partial charge in [0.05, 0.1) is 5.56 Å². The lowest BCUT2D eigenvalue weighted by molar-refractivity contribution is -0.137. The fourth-order valence-electron chi connectivity index (χ4n) is 2.89. The zero-order valence-corrected chi connectivity index (χ0v) is 16.9. The molecule has 0 unspecified atom stereocenters. The molecule has 0 aliphatic rings. The maximum atomic E-state index is 12.8. The molecule has 0 aliphatic heterocycles. The first-order valence-corrected chi connectivity index (χ1v) is 10.6. The molecule has 0 radical (unpaired) electrons. The van der Waals surface area contributed by atoms with Crippen molar-refractivity contribution in [2.24, 2.45) is 0 Å². The van der Waals surface area contributed by atoms with Gasteiger partial charge in [-0.05, 0) is 28.5 Å². The van der Waals surface area contributed by atoms with E-state index in [0.29, 0.717) is 26.4 Å². The van der Waals surface area contributed by atoms with Crippen molar-refractivity contribution in [3.8, 4) is 0 Å². The van der Waals surface area contributed by atoms with Crippen LogP contribution < -0.4 is 5.32 Å². The Morgan fingerprint density at radius 1 is 1.00 bits per heavy atom. The van der Waals surface area contributed by atoms with Gasteiger partial charge in [-0.25, -0.2) is 0 Å². The largest absolute Gasteiger partial charge is 0.416 e. The summed E-state index contributed by atoms with van der Waals surface area (Å²) in [6, 6.07) is 18.2. The highest BCUT2D eigenvalue weighted by atomic mass is 32.2. The highest BCUT2D eigenvalue weighted by Gasteiger charge is 2.30. The number of fused-ring (bicyclic) bond motifs is 1. The first-order chi connectivity index (χ1) is 14.4. The zero-order valence-electron chi connectivity index (χ0n) is 15.3. The lowest BCUT2D eigenvalue weighted by atomic mass is 10.0. The number of carbonyl (C=O) groups excluding carboxylic acids is 1. The summed E-state index contributed by atoms with van der Waals surface area (Å²) in [5, 5.41) is 12.8. The number of hydrogen-bond acceptors (Lipinski definition) is 5. The second kappa shape index (κ2) is 8.45. The van der Waals surface area contributed by atoms with E-state index in [1.165, 1.54) is 29.2 Å². The Labute approximate surface area is 178 Å². The number of carbonyl (C=O) groups is 1. The van der Waals surface area contributed by atoms with Gasteiger partial charge in [-0.15, -0.1) is 10.2 Å². The summed E-state index contributed by atoms with van der Waals surface area (Å²) in [6.45, 7) is 0. The normalized spacial score (nSPS) is 11.6. The smallest absolute Gasteiger partial charge is 0.296 e. The van der Waals surface area contributed by atoms with Crippen molar-refractivity contribution in [1.82, 2.24) is 10.2 Å². The summed E-state index contributed by atoms with van der Waals surface area (Å²) >= 11 is 2.44. The van der Waals surface area contributed by atoms with E-state index in [-0.39, 0.29) is 5.91 Å². The van der Waals surface area contributed by atoms with E-state index in [9.17, 15) is 18.0 Å². The molecule has 4 aromatic rings. The Hall–Kier alpha value is -2.91. The summed E-state index contributed by atoms with van der Waals surface area (Å²) < 4.78 is 39.0. The molecule has 152 valence electrons. The van der Waals surface area contributed by atoms with E-state index >= 15 is 0 Å². The van der Waals surface area contributed by atoms with Crippen LogP contribution in [-0.2, 0) is 11.9 Å². The Bertz CT molecular complexity index is 1200. The number of rotatable bonds is 5. The van der Waals surface area contributed by atoms with Crippen LogP contribution in [0.2, 0.25) is 0 Å². The van der Waals surface area contributed by atoms with Crippen molar-refractivity contribution in [3.63, 3.8) is 0 Å². The third-order valence-corrected chi connectivity index (χ3v) is 6.32. The Balaban J connectivity index is 1.43. The van der Waals surface area contributed by atoms with Crippen LogP contribution in [0, 0.1) is 0 Å². The zero-order chi connectivity index (χ0) is 21.1. The van der Waals surface area contributed by atoms with Crippen molar-refractivity contribution in [2.75, 3.05) is 5.32 Å². The van der Waals surface area contributed by atoms with E-state index in [0.717, 1.165) is 22.9 Å². The van der Waals surface area contributed by atoms with E-state index < -0.39 is 11.7 Å². The summed E-state index contributed by atoms with van der Waals surface area (Å²) in [5.41, 5.74) is 0.383. The van der Waals surface area contributed by atoms with Gasteiger partial charge in [-0.2, -0.15) is 13.2 Å². The molecule has 1 heterocycles. The molecule has 0 spiro atoms. The molecular formula is C21H14F3N3OS2. The third kappa shape index (κ3) is 4.63. The molecule has 1 amide bonds. The minimum Gasteiger partial charge on any atom is -0.296 e. The lowest BCUT2D eigenvalue weighted by Crippen LogP contribution is -2.12. The fourth-order valence-corrected chi connectivity index (χ4v) is 4.58. The molecule has 0 saturated heterocycles. The van der Waals surface area contributed by atoms with Crippen molar-refractivity contribution in [3.05, 3.63) is 83.4 Å². The number of thioether (sulfide) groups is 1. The van der Waals surface area contributed by atoms with Crippen molar-refractivity contribution in [2.45, 2.75) is 16.3 Å². The predicted molar refractivity (Wildman–Crippen MR) is 113 cm³/mol. The molecule has 0 aliphatic carbocycles. The van der Waals surface area contributed by atoms with Crippen LogP contribution in [0.5, 0.6) is 0 Å². The maximum absolute atomic E-state index is 12.8. The Morgan fingerprint density at radius 2 is 1.77 bits per heavy atom. The van der Waals surface area contributed by atoms with Crippen molar-refractivity contribution < 1.29 is 18.0 Å². The summed E-state index contributed by atoms with van der Waals surface area (Å²) in [6.07, 6.45) is -4.37. The van der Waals surface area contributed by atoms with E-state index in [2.05, 4.69) is 15.5 Å². The minimum absolute atomic E-state index is 0.294. The van der Waals surface area contributed by atoms with Crippen LogP contribution in [0.15, 0.2) is 71.1 Å². The summed E-state index contributed by atoms with van der Waals surface area (Å²) in [4.78, 5) is 12.7. The van der Waals surface area contributed by atoms with Gasteiger partial charge in [-0.1, -0.05) is 77.7 Å². The molecular weight excluding hydrogens is 431 g/mol. The molecule has 0 saturated carbocycles. The van der Waals surface area contributed by atoms with Crippen molar-refractivity contribution >= 4 is 44.9 Å². The standard InChI is InChI=1S/C21H14F3N3OS2/c22-21(23,24)15-8-3-5-13(11-15)12-29-20-27-26-19(30-20)25-18(28)17-10-4-7-14-6-1-2-9-16(14)17/h1-11H,12H2,(H,25,26,28). The van der Waals surface area contributed by atoms with Gasteiger partial charge in [0.15, 0.2) is 4.34 Å². The summed E-state index contributed by atoms with van der Waals surface area (Å²) in [5.74, 6) is 0.0212. The van der Waals surface area contributed by atoms with Gasteiger partial charge in [0.25, 0.3) is 5.91 Å². The van der Waals surface area contributed by atoms with Gasteiger partial charge in [0.1, 0.15) is 0 Å².